The van der Waals surface area contributed by atoms with Crippen LogP contribution in [0.15, 0.2) is 10.1 Å². The van der Waals surface area contributed by atoms with Gasteiger partial charge in [0, 0.05) is 14.1 Å². The van der Waals surface area contributed by atoms with Crippen LogP contribution in [-0.2, 0) is 9.59 Å². The lowest BCUT2D eigenvalue weighted by molar-refractivity contribution is -0.118. The maximum absolute atomic E-state index is 10.8. The molecule has 0 aliphatic heterocycles. The van der Waals surface area contributed by atoms with Gasteiger partial charge in [0.2, 0.25) is 0 Å². The third kappa shape index (κ3) is 2.71. The summed E-state index contributed by atoms with van der Waals surface area (Å²) in [5.41, 5.74) is 0. The molecule has 6 heteroatoms. The summed E-state index contributed by atoms with van der Waals surface area (Å²) in [4.78, 5) is 21.6. The van der Waals surface area contributed by atoms with Gasteiger partial charge in [0.25, 0.3) is 11.8 Å². The van der Waals surface area contributed by atoms with Gasteiger partial charge in [-0.2, -0.15) is 0 Å². The third-order valence-corrected chi connectivity index (χ3v) is 1.86. The van der Waals surface area contributed by atoms with Gasteiger partial charge < -0.3 is 10.6 Å². The monoisotopic (exact) mass is 210 g/mol. The van der Waals surface area contributed by atoms with Crippen molar-refractivity contribution in [3.63, 3.8) is 0 Å². The highest BCUT2D eigenvalue weighted by atomic mass is 35.5. The minimum atomic E-state index is -0.592. The van der Waals surface area contributed by atoms with E-state index < -0.39 is 11.8 Å². The van der Waals surface area contributed by atoms with Crippen LogP contribution in [0.2, 0.25) is 0 Å². The Hall–Kier alpha value is -0.740. The lowest BCUT2D eigenvalue weighted by Gasteiger charge is -2.00. The van der Waals surface area contributed by atoms with E-state index in [1.807, 2.05) is 0 Å². The van der Waals surface area contributed by atoms with E-state index in [1.54, 1.807) is 0 Å². The molecule has 0 radical (unpaired) electrons. The van der Waals surface area contributed by atoms with Crippen LogP contribution >= 0.6 is 23.2 Å². The average molecular weight is 211 g/mol. The number of hydrogen-bond acceptors (Lipinski definition) is 2. The molecular formula is C6H8Cl2N2O2. The maximum atomic E-state index is 10.8. The third-order valence-electron chi connectivity index (χ3n) is 1.05. The van der Waals surface area contributed by atoms with Crippen LogP contribution < -0.4 is 10.6 Å². The van der Waals surface area contributed by atoms with E-state index in [2.05, 4.69) is 10.6 Å². The second-order valence-corrected chi connectivity index (χ2v) is 2.54. The van der Waals surface area contributed by atoms with Gasteiger partial charge in [-0.05, 0) is 0 Å². The van der Waals surface area contributed by atoms with E-state index >= 15 is 0 Å². The van der Waals surface area contributed by atoms with Gasteiger partial charge >= 0.3 is 0 Å². The molecule has 4 nitrogen and oxygen atoms in total. The topological polar surface area (TPSA) is 58.2 Å². The van der Waals surface area contributed by atoms with Crippen molar-refractivity contribution in [2.75, 3.05) is 14.1 Å². The highest BCUT2D eigenvalue weighted by Crippen LogP contribution is 2.13. The van der Waals surface area contributed by atoms with Crippen LogP contribution in [0.5, 0.6) is 0 Å². The Morgan fingerprint density at radius 1 is 0.917 bits per heavy atom. The number of nitrogens with one attached hydrogen (secondary N) is 2. The highest BCUT2D eigenvalue weighted by molar-refractivity contribution is 6.53. The Kier molecular flexibility index (Phi) is 4.70. The van der Waals surface area contributed by atoms with Crippen LogP contribution in [0.1, 0.15) is 0 Å². The van der Waals surface area contributed by atoms with Crippen LogP contribution in [-0.4, -0.2) is 25.9 Å². The van der Waals surface area contributed by atoms with Crippen LogP contribution in [0, 0.1) is 0 Å². The summed E-state index contributed by atoms with van der Waals surface area (Å²) in [6.45, 7) is 0. The molecule has 2 N–H and O–H groups in total. The van der Waals surface area contributed by atoms with E-state index in [9.17, 15) is 9.59 Å². The fourth-order valence-electron chi connectivity index (χ4n) is 0.419. The summed E-state index contributed by atoms with van der Waals surface area (Å²) < 4.78 is 0. The summed E-state index contributed by atoms with van der Waals surface area (Å²) in [6.07, 6.45) is 0. The Labute approximate surface area is 79.9 Å². The first-order valence-electron chi connectivity index (χ1n) is 3.04. The van der Waals surface area contributed by atoms with Crippen molar-refractivity contribution in [2.24, 2.45) is 0 Å². The molecular weight excluding hydrogens is 203 g/mol. The molecule has 2 amide bonds. The lowest BCUT2D eigenvalue weighted by Crippen LogP contribution is -2.23. The minimum absolute atomic E-state index is 0.321. The number of rotatable bonds is 2. The molecule has 0 saturated heterocycles. The lowest BCUT2D eigenvalue weighted by atomic mass is 10.4. The summed E-state index contributed by atoms with van der Waals surface area (Å²) in [5, 5.41) is 3.82. The van der Waals surface area contributed by atoms with Crippen LogP contribution in [0.25, 0.3) is 0 Å². The average Bonchev–Trinajstić information content (AvgIpc) is 2.12. The van der Waals surface area contributed by atoms with Gasteiger partial charge in [0.1, 0.15) is 10.1 Å². The molecule has 12 heavy (non-hydrogen) atoms. The predicted molar refractivity (Wildman–Crippen MR) is 46.9 cm³/mol. The van der Waals surface area contributed by atoms with Gasteiger partial charge in [0.05, 0.1) is 0 Å². The van der Waals surface area contributed by atoms with Crippen molar-refractivity contribution in [2.45, 2.75) is 0 Å². The van der Waals surface area contributed by atoms with Crippen molar-refractivity contribution < 1.29 is 9.59 Å². The van der Waals surface area contributed by atoms with Crippen molar-refractivity contribution in [1.82, 2.24) is 10.6 Å². The number of likely N-dealkylation sites (N-methyl/N-ethyl adjacent to an activating group) is 2. The zero-order chi connectivity index (χ0) is 9.72. The van der Waals surface area contributed by atoms with E-state index in [4.69, 9.17) is 23.2 Å². The van der Waals surface area contributed by atoms with E-state index in [0.717, 1.165) is 0 Å². The predicted octanol–water partition coefficient (Wildman–Crippen LogP) is 0.168. The van der Waals surface area contributed by atoms with E-state index in [1.165, 1.54) is 14.1 Å². The molecule has 0 aromatic heterocycles. The van der Waals surface area contributed by atoms with E-state index in [0.29, 0.717) is 0 Å². The zero-order valence-corrected chi connectivity index (χ0v) is 8.08. The van der Waals surface area contributed by atoms with Gasteiger partial charge in [-0.25, -0.2) is 0 Å². The van der Waals surface area contributed by atoms with Gasteiger partial charge in [-0.15, -0.1) is 0 Å². The van der Waals surface area contributed by atoms with Crippen molar-refractivity contribution >= 4 is 35.0 Å². The Morgan fingerprint density at radius 2 is 1.17 bits per heavy atom. The minimum Gasteiger partial charge on any atom is -0.354 e. The molecule has 0 aromatic carbocycles. The molecule has 0 rings (SSSR count). The van der Waals surface area contributed by atoms with Crippen molar-refractivity contribution in [1.29, 1.82) is 0 Å². The first-order valence-corrected chi connectivity index (χ1v) is 3.79. The number of hydrogen-bond donors (Lipinski definition) is 2. The molecule has 0 unspecified atom stereocenters. The van der Waals surface area contributed by atoms with Crippen molar-refractivity contribution in [3.05, 3.63) is 10.1 Å². The molecule has 0 atom stereocenters. The number of amides is 2. The number of carbonyl (C=O) groups is 2. The normalized spacial score (nSPS) is 11.7. The van der Waals surface area contributed by atoms with Crippen LogP contribution in [0.4, 0.5) is 0 Å². The second kappa shape index (κ2) is 5.00. The Balaban J connectivity index is 4.68. The smallest absolute Gasteiger partial charge is 0.264 e. The maximum Gasteiger partial charge on any atom is 0.264 e. The largest absolute Gasteiger partial charge is 0.354 e. The molecule has 0 heterocycles. The summed E-state index contributed by atoms with van der Waals surface area (Å²) in [7, 11) is 2.78. The molecule has 0 spiro atoms. The quantitative estimate of drug-likeness (QED) is 0.639. The molecule has 0 aliphatic rings. The number of halogens is 2. The Bertz CT molecular complexity index is 214. The first-order chi connectivity index (χ1) is 5.54. The van der Waals surface area contributed by atoms with Gasteiger partial charge in [0.15, 0.2) is 0 Å². The molecule has 0 saturated carbocycles. The molecule has 68 valence electrons. The fourth-order valence-corrected chi connectivity index (χ4v) is 0.779. The molecule has 0 fully saturated rings. The molecule has 0 aromatic rings. The van der Waals surface area contributed by atoms with Crippen LogP contribution in [0.3, 0.4) is 0 Å². The number of carbonyl (C=O) groups excluding carboxylic acids is 2. The zero-order valence-electron chi connectivity index (χ0n) is 6.57. The molecule has 0 aliphatic carbocycles. The summed E-state index contributed by atoms with van der Waals surface area (Å²) in [5.74, 6) is -1.18. The first kappa shape index (κ1) is 11.3. The summed E-state index contributed by atoms with van der Waals surface area (Å²) in [6, 6.07) is 0. The van der Waals surface area contributed by atoms with E-state index in [-0.39, 0.29) is 10.1 Å². The summed E-state index contributed by atoms with van der Waals surface area (Å²) >= 11 is 10.9. The van der Waals surface area contributed by atoms with Crippen molar-refractivity contribution in [3.8, 4) is 0 Å². The second-order valence-electron chi connectivity index (χ2n) is 1.79. The SMILES string of the molecule is CNC(=O)/C(Cl)=C(/Cl)C(=O)NC. The Morgan fingerprint density at radius 3 is 1.33 bits per heavy atom. The van der Waals surface area contributed by atoms with Gasteiger partial charge in [-0.3, -0.25) is 9.59 Å². The highest BCUT2D eigenvalue weighted by Gasteiger charge is 2.15. The standard InChI is InChI=1S/C6H8Cl2N2O2/c1-9-5(11)3(7)4(8)6(12)10-2/h1-2H3,(H,9,11)(H,10,12)/b4-3-. The fraction of sp³-hybridized carbons (Fsp3) is 0.333. The van der Waals surface area contributed by atoms with Gasteiger partial charge in [-0.1, -0.05) is 23.2 Å². The molecule has 0 bridgehead atoms.